The van der Waals surface area contributed by atoms with E-state index in [0.29, 0.717) is 0 Å². The second-order valence-corrected chi connectivity index (χ2v) is 3.88. The van der Waals surface area contributed by atoms with Crippen molar-refractivity contribution in [2.24, 2.45) is 0 Å². The first-order valence-electron chi connectivity index (χ1n) is 3.79. The van der Waals surface area contributed by atoms with E-state index in [1.54, 1.807) is 22.6 Å². The van der Waals surface area contributed by atoms with E-state index in [1.165, 1.54) is 0 Å². The van der Waals surface area contributed by atoms with Crippen LogP contribution in [-0.2, 0) is 0 Å². The summed E-state index contributed by atoms with van der Waals surface area (Å²) < 4.78 is 0.0741. The fourth-order valence-electron chi connectivity index (χ4n) is 1.06. The maximum atomic E-state index is 10.7. The van der Waals surface area contributed by atoms with Crippen LogP contribution in [0.2, 0.25) is 0 Å². The first-order chi connectivity index (χ1) is 7.34. The van der Waals surface area contributed by atoms with Crippen molar-refractivity contribution in [3.63, 3.8) is 0 Å². The molecule has 0 amide bonds. The van der Waals surface area contributed by atoms with Crippen molar-refractivity contribution in [1.29, 1.82) is 0 Å². The third-order valence-electron chi connectivity index (χ3n) is 1.74. The lowest BCUT2D eigenvalue weighted by atomic mass is 10.1. The van der Waals surface area contributed by atoms with Gasteiger partial charge >= 0.3 is 11.9 Å². The molecule has 2 N–H and O–H groups in total. The molecule has 0 aliphatic heterocycles. The number of carboxylic acids is 2. The predicted molar refractivity (Wildman–Crippen MR) is 59.7 cm³/mol. The standard InChI is InChI=1S/C8H4INO6/c9-5-1-3(7(11)12)4(8(13)14)2-6(5)10(15)16/h1-2H,(H,11,12)(H,13,14). The fourth-order valence-corrected chi connectivity index (χ4v) is 1.72. The maximum Gasteiger partial charge on any atom is 0.336 e. The summed E-state index contributed by atoms with van der Waals surface area (Å²) in [6.07, 6.45) is 0. The third-order valence-corrected chi connectivity index (χ3v) is 2.61. The Kier molecular flexibility index (Phi) is 3.42. The first kappa shape index (κ1) is 12.4. The van der Waals surface area contributed by atoms with Gasteiger partial charge in [-0.25, -0.2) is 9.59 Å². The third kappa shape index (κ3) is 2.27. The molecule has 0 radical (unpaired) electrons. The largest absolute Gasteiger partial charge is 0.478 e. The van der Waals surface area contributed by atoms with E-state index in [4.69, 9.17) is 10.2 Å². The number of aromatic carboxylic acids is 2. The van der Waals surface area contributed by atoms with Crippen LogP contribution in [0.3, 0.4) is 0 Å². The second-order valence-electron chi connectivity index (χ2n) is 2.72. The molecule has 84 valence electrons. The van der Waals surface area contributed by atoms with Gasteiger partial charge < -0.3 is 10.2 Å². The van der Waals surface area contributed by atoms with Gasteiger partial charge in [-0.1, -0.05) is 0 Å². The quantitative estimate of drug-likeness (QED) is 0.491. The monoisotopic (exact) mass is 337 g/mol. The van der Waals surface area contributed by atoms with Crippen molar-refractivity contribution in [3.05, 3.63) is 36.9 Å². The molecule has 0 aliphatic rings. The molecule has 0 aliphatic carbocycles. The summed E-state index contributed by atoms with van der Waals surface area (Å²) >= 11 is 1.58. The van der Waals surface area contributed by atoms with Gasteiger partial charge in [0.1, 0.15) is 0 Å². The highest BCUT2D eigenvalue weighted by molar-refractivity contribution is 14.1. The highest BCUT2D eigenvalue weighted by atomic mass is 127. The lowest BCUT2D eigenvalue weighted by Gasteiger charge is -2.02. The number of nitro groups is 1. The van der Waals surface area contributed by atoms with Crippen LogP contribution in [0.5, 0.6) is 0 Å². The Morgan fingerprint density at radius 1 is 1.19 bits per heavy atom. The van der Waals surface area contributed by atoms with Crippen LogP contribution in [0.15, 0.2) is 12.1 Å². The number of nitrogens with zero attached hydrogens (tertiary/aromatic N) is 1. The number of nitro benzene ring substituents is 1. The Balaban J connectivity index is 3.55. The van der Waals surface area contributed by atoms with Gasteiger partial charge in [0.2, 0.25) is 0 Å². The summed E-state index contributed by atoms with van der Waals surface area (Å²) in [5, 5.41) is 28.0. The van der Waals surface area contributed by atoms with E-state index >= 15 is 0 Å². The number of carbonyl (C=O) groups is 2. The second kappa shape index (κ2) is 4.43. The van der Waals surface area contributed by atoms with E-state index in [-0.39, 0.29) is 3.57 Å². The molecule has 0 atom stereocenters. The molecule has 0 saturated carbocycles. The average molecular weight is 337 g/mol. The zero-order valence-corrected chi connectivity index (χ0v) is 9.66. The number of halogens is 1. The van der Waals surface area contributed by atoms with Crippen molar-refractivity contribution in [2.75, 3.05) is 0 Å². The normalized spacial score (nSPS) is 9.81. The molecule has 7 nitrogen and oxygen atoms in total. The predicted octanol–water partition coefficient (Wildman–Crippen LogP) is 1.60. The van der Waals surface area contributed by atoms with E-state index < -0.39 is 33.7 Å². The Bertz CT molecular complexity index is 498. The highest BCUT2D eigenvalue weighted by Gasteiger charge is 2.23. The molecule has 8 heteroatoms. The van der Waals surface area contributed by atoms with Crippen LogP contribution in [0, 0.1) is 13.7 Å². The molecule has 0 unspecified atom stereocenters. The first-order valence-corrected chi connectivity index (χ1v) is 4.87. The lowest BCUT2D eigenvalue weighted by molar-refractivity contribution is -0.385. The molecular formula is C8H4INO6. The van der Waals surface area contributed by atoms with E-state index in [9.17, 15) is 19.7 Å². The van der Waals surface area contributed by atoms with Crippen molar-refractivity contribution in [2.45, 2.75) is 0 Å². The van der Waals surface area contributed by atoms with Crippen LogP contribution < -0.4 is 0 Å². The smallest absolute Gasteiger partial charge is 0.336 e. The Morgan fingerprint density at radius 2 is 1.62 bits per heavy atom. The highest BCUT2D eigenvalue weighted by Crippen LogP contribution is 2.25. The maximum absolute atomic E-state index is 10.7. The summed E-state index contributed by atoms with van der Waals surface area (Å²) in [6, 6.07) is 1.71. The number of carboxylic acid groups (broad SMARTS) is 2. The molecular weight excluding hydrogens is 333 g/mol. The molecule has 16 heavy (non-hydrogen) atoms. The molecule has 1 aromatic carbocycles. The Morgan fingerprint density at radius 3 is 2.00 bits per heavy atom. The van der Waals surface area contributed by atoms with Crippen molar-refractivity contribution in [3.8, 4) is 0 Å². The van der Waals surface area contributed by atoms with Gasteiger partial charge in [-0.3, -0.25) is 10.1 Å². The summed E-state index contributed by atoms with van der Waals surface area (Å²) in [5.74, 6) is -2.96. The van der Waals surface area contributed by atoms with Gasteiger partial charge in [-0.05, 0) is 28.7 Å². The van der Waals surface area contributed by atoms with Gasteiger partial charge in [0.05, 0.1) is 19.6 Å². The lowest BCUT2D eigenvalue weighted by Crippen LogP contribution is -2.09. The van der Waals surface area contributed by atoms with Gasteiger partial charge in [0.15, 0.2) is 0 Å². The molecule has 0 spiro atoms. The van der Waals surface area contributed by atoms with Crippen LogP contribution >= 0.6 is 22.6 Å². The van der Waals surface area contributed by atoms with Gasteiger partial charge in [-0.15, -0.1) is 0 Å². The minimum Gasteiger partial charge on any atom is -0.478 e. The van der Waals surface area contributed by atoms with Crippen LogP contribution in [0.4, 0.5) is 5.69 Å². The minimum absolute atomic E-state index is 0.0741. The molecule has 0 fully saturated rings. The van der Waals surface area contributed by atoms with Crippen LogP contribution in [0.25, 0.3) is 0 Å². The number of hydrogen-bond donors (Lipinski definition) is 2. The van der Waals surface area contributed by atoms with Gasteiger partial charge in [0.25, 0.3) is 5.69 Å². The van der Waals surface area contributed by atoms with E-state index in [2.05, 4.69) is 0 Å². The zero-order valence-electron chi connectivity index (χ0n) is 7.51. The van der Waals surface area contributed by atoms with Crippen LogP contribution in [0.1, 0.15) is 20.7 Å². The number of benzene rings is 1. The van der Waals surface area contributed by atoms with Gasteiger partial charge in [-0.2, -0.15) is 0 Å². The molecule has 0 heterocycles. The average Bonchev–Trinajstić information content (AvgIpc) is 2.15. The summed E-state index contributed by atoms with van der Waals surface area (Å²) in [6.45, 7) is 0. The molecule has 0 bridgehead atoms. The summed E-state index contributed by atoms with van der Waals surface area (Å²) in [7, 11) is 0. The summed E-state index contributed by atoms with van der Waals surface area (Å²) in [4.78, 5) is 31.2. The zero-order chi connectivity index (χ0) is 12.5. The Hall–Kier alpha value is -1.71. The minimum atomic E-state index is -1.52. The van der Waals surface area contributed by atoms with Crippen LogP contribution in [-0.4, -0.2) is 27.1 Å². The number of hydrogen-bond acceptors (Lipinski definition) is 4. The molecule has 0 aromatic heterocycles. The van der Waals surface area contributed by atoms with E-state index in [1.807, 2.05) is 0 Å². The Labute approximate surface area is 102 Å². The molecule has 0 saturated heterocycles. The summed E-state index contributed by atoms with van der Waals surface area (Å²) in [5.41, 5.74) is -1.50. The van der Waals surface area contributed by atoms with Crippen molar-refractivity contribution < 1.29 is 24.7 Å². The number of rotatable bonds is 3. The fraction of sp³-hybridized carbons (Fsp3) is 0. The van der Waals surface area contributed by atoms with E-state index in [0.717, 1.165) is 12.1 Å². The van der Waals surface area contributed by atoms with Gasteiger partial charge in [0, 0.05) is 6.07 Å². The molecule has 1 aromatic rings. The topological polar surface area (TPSA) is 118 Å². The van der Waals surface area contributed by atoms with Crippen molar-refractivity contribution in [1.82, 2.24) is 0 Å². The SMILES string of the molecule is O=C(O)c1cc(I)c([N+](=O)[O-])cc1C(=O)O. The molecule has 1 rings (SSSR count). The van der Waals surface area contributed by atoms with Crippen molar-refractivity contribution >= 4 is 40.2 Å².